The van der Waals surface area contributed by atoms with Crippen molar-refractivity contribution in [1.29, 1.82) is 0 Å². The van der Waals surface area contributed by atoms with Gasteiger partial charge in [0.1, 0.15) is 5.76 Å². The standard InChI is InChI=1S/C12H18ClNO3/c1-16-10-8-14(7-6-13)12(15)5-4-11-3-2-9-17-11/h2-3,9H,4-8,10H2,1H3. The van der Waals surface area contributed by atoms with Gasteiger partial charge in [0.15, 0.2) is 0 Å². The number of nitrogens with zero attached hydrogens (tertiary/aromatic N) is 1. The first-order chi connectivity index (χ1) is 8.27. The van der Waals surface area contributed by atoms with Crippen molar-refractivity contribution < 1.29 is 13.9 Å². The van der Waals surface area contributed by atoms with Crippen LogP contribution in [0.3, 0.4) is 0 Å². The van der Waals surface area contributed by atoms with Gasteiger partial charge >= 0.3 is 0 Å². The molecule has 0 fully saturated rings. The normalized spacial score (nSPS) is 10.5. The van der Waals surface area contributed by atoms with E-state index in [0.717, 1.165) is 5.76 Å². The predicted molar refractivity (Wildman–Crippen MR) is 66.2 cm³/mol. The molecule has 1 heterocycles. The van der Waals surface area contributed by atoms with E-state index in [4.69, 9.17) is 20.8 Å². The van der Waals surface area contributed by atoms with E-state index in [1.807, 2.05) is 12.1 Å². The number of hydrogen-bond acceptors (Lipinski definition) is 3. The molecule has 0 radical (unpaired) electrons. The number of aryl methyl sites for hydroxylation is 1. The van der Waals surface area contributed by atoms with Crippen LogP contribution < -0.4 is 0 Å². The number of methoxy groups -OCH3 is 1. The summed E-state index contributed by atoms with van der Waals surface area (Å²) in [6.45, 7) is 1.67. The molecule has 1 amide bonds. The summed E-state index contributed by atoms with van der Waals surface area (Å²) in [4.78, 5) is 13.6. The SMILES string of the molecule is COCCN(CCCl)C(=O)CCc1ccco1. The van der Waals surface area contributed by atoms with Crippen LogP contribution in [0, 0.1) is 0 Å². The van der Waals surface area contributed by atoms with Gasteiger partial charge in [-0.2, -0.15) is 0 Å². The van der Waals surface area contributed by atoms with Gasteiger partial charge in [0, 0.05) is 38.9 Å². The van der Waals surface area contributed by atoms with Gasteiger partial charge in [0.2, 0.25) is 5.91 Å². The number of carbonyl (C=O) groups is 1. The predicted octanol–water partition coefficient (Wildman–Crippen LogP) is 1.93. The van der Waals surface area contributed by atoms with Crippen LogP contribution in [0.15, 0.2) is 22.8 Å². The summed E-state index contributed by atoms with van der Waals surface area (Å²) in [6, 6.07) is 3.69. The lowest BCUT2D eigenvalue weighted by atomic mass is 10.2. The van der Waals surface area contributed by atoms with Gasteiger partial charge < -0.3 is 14.1 Å². The molecule has 17 heavy (non-hydrogen) atoms. The number of amides is 1. The van der Waals surface area contributed by atoms with Crippen molar-refractivity contribution >= 4 is 17.5 Å². The zero-order valence-electron chi connectivity index (χ0n) is 10.0. The van der Waals surface area contributed by atoms with Crippen molar-refractivity contribution in [3.05, 3.63) is 24.2 Å². The number of ether oxygens (including phenoxy) is 1. The second kappa shape index (κ2) is 8.14. The van der Waals surface area contributed by atoms with Gasteiger partial charge in [-0.1, -0.05) is 0 Å². The highest BCUT2D eigenvalue weighted by atomic mass is 35.5. The van der Waals surface area contributed by atoms with E-state index in [2.05, 4.69) is 0 Å². The van der Waals surface area contributed by atoms with Crippen molar-refractivity contribution in [2.75, 3.05) is 32.7 Å². The first-order valence-corrected chi connectivity index (χ1v) is 6.16. The van der Waals surface area contributed by atoms with Crippen LogP contribution in [-0.4, -0.2) is 43.5 Å². The van der Waals surface area contributed by atoms with Gasteiger partial charge in [-0.15, -0.1) is 11.6 Å². The number of rotatable bonds is 8. The molecule has 0 saturated heterocycles. The number of hydrogen-bond donors (Lipinski definition) is 0. The van der Waals surface area contributed by atoms with Crippen molar-refractivity contribution in [3.8, 4) is 0 Å². The highest BCUT2D eigenvalue weighted by Crippen LogP contribution is 2.06. The first-order valence-electron chi connectivity index (χ1n) is 5.63. The van der Waals surface area contributed by atoms with E-state index in [0.29, 0.717) is 38.4 Å². The fourth-order valence-electron chi connectivity index (χ4n) is 1.51. The smallest absolute Gasteiger partial charge is 0.223 e. The second-order valence-electron chi connectivity index (χ2n) is 3.64. The third kappa shape index (κ3) is 5.24. The summed E-state index contributed by atoms with van der Waals surface area (Å²) >= 11 is 5.67. The fraction of sp³-hybridized carbons (Fsp3) is 0.583. The average Bonchev–Trinajstić information content (AvgIpc) is 2.84. The highest BCUT2D eigenvalue weighted by molar-refractivity contribution is 6.18. The molecule has 96 valence electrons. The number of carbonyl (C=O) groups excluding carboxylic acids is 1. The van der Waals surface area contributed by atoms with E-state index in [1.165, 1.54) is 0 Å². The summed E-state index contributed by atoms with van der Waals surface area (Å²) in [6.07, 6.45) is 2.67. The van der Waals surface area contributed by atoms with Crippen LogP contribution >= 0.6 is 11.6 Å². The molecule has 4 nitrogen and oxygen atoms in total. The molecule has 5 heteroatoms. The molecule has 0 aliphatic heterocycles. The molecule has 0 bridgehead atoms. The van der Waals surface area contributed by atoms with Crippen LogP contribution in [-0.2, 0) is 16.0 Å². The molecule has 1 aromatic rings. The second-order valence-corrected chi connectivity index (χ2v) is 4.02. The Morgan fingerprint density at radius 2 is 2.35 bits per heavy atom. The Balaban J connectivity index is 2.35. The fourth-order valence-corrected chi connectivity index (χ4v) is 1.71. The molecule has 0 saturated carbocycles. The van der Waals surface area contributed by atoms with E-state index >= 15 is 0 Å². The average molecular weight is 260 g/mol. The minimum Gasteiger partial charge on any atom is -0.469 e. The van der Waals surface area contributed by atoms with Gasteiger partial charge in [-0.05, 0) is 12.1 Å². The molecular formula is C12H18ClNO3. The Kier molecular flexibility index (Phi) is 6.74. The summed E-state index contributed by atoms with van der Waals surface area (Å²) < 4.78 is 10.1. The molecule has 1 rings (SSSR count). The topological polar surface area (TPSA) is 42.7 Å². The Hall–Kier alpha value is -1.00. The van der Waals surface area contributed by atoms with Gasteiger partial charge in [-0.25, -0.2) is 0 Å². The Morgan fingerprint density at radius 3 is 2.94 bits per heavy atom. The van der Waals surface area contributed by atoms with Crippen molar-refractivity contribution in [1.82, 2.24) is 4.90 Å². The molecule has 0 aliphatic rings. The number of furan rings is 1. The zero-order valence-corrected chi connectivity index (χ0v) is 10.8. The lowest BCUT2D eigenvalue weighted by Gasteiger charge is -2.21. The van der Waals surface area contributed by atoms with E-state index in [-0.39, 0.29) is 5.91 Å². The summed E-state index contributed by atoms with van der Waals surface area (Å²) in [5, 5.41) is 0. The summed E-state index contributed by atoms with van der Waals surface area (Å²) in [5.41, 5.74) is 0. The number of alkyl halides is 1. The maximum Gasteiger partial charge on any atom is 0.223 e. The monoisotopic (exact) mass is 259 g/mol. The highest BCUT2D eigenvalue weighted by Gasteiger charge is 2.13. The zero-order chi connectivity index (χ0) is 12.5. The summed E-state index contributed by atoms with van der Waals surface area (Å²) in [7, 11) is 1.62. The third-order valence-electron chi connectivity index (χ3n) is 2.44. The van der Waals surface area contributed by atoms with Crippen LogP contribution in [0.5, 0.6) is 0 Å². The molecule has 0 atom stereocenters. The molecule has 0 aliphatic carbocycles. The molecular weight excluding hydrogens is 242 g/mol. The Morgan fingerprint density at radius 1 is 1.53 bits per heavy atom. The van der Waals surface area contributed by atoms with Gasteiger partial charge in [0.25, 0.3) is 0 Å². The van der Waals surface area contributed by atoms with Gasteiger partial charge in [-0.3, -0.25) is 4.79 Å². The molecule has 0 N–H and O–H groups in total. The van der Waals surface area contributed by atoms with Crippen LogP contribution in [0.25, 0.3) is 0 Å². The van der Waals surface area contributed by atoms with Crippen LogP contribution in [0.1, 0.15) is 12.2 Å². The van der Waals surface area contributed by atoms with Crippen LogP contribution in [0.2, 0.25) is 0 Å². The van der Waals surface area contributed by atoms with E-state index in [9.17, 15) is 4.79 Å². The van der Waals surface area contributed by atoms with Crippen molar-refractivity contribution in [2.45, 2.75) is 12.8 Å². The van der Waals surface area contributed by atoms with E-state index in [1.54, 1.807) is 18.3 Å². The van der Waals surface area contributed by atoms with Crippen molar-refractivity contribution in [3.63, 3.8) is 0 Å². The lowest BCUT2D eigenvalue weighted by molar-refractivity contribution is -0.131. The maximum absolute atomic E-state index is 11.9. The third-order valence-corrected chi connectivity index (χ3v) is 2.61. The lowest BCUT2D eigenvalue weighted by Crippen LogP contribution is -2.35. The number of halogens is 1. The van der Waals surface area contributed by atoms with Gasteiger partial charge in [0.05, 0.1) is 12.9 Å². The quantitative estimate of drug-likeness (QED) is 0.670. The maximum atomic E-state index is 11.9. The van der Waals surface area contributed by atoms with E-state index < -0.39 is 0 Å². The summed E-state index contributed by atoms with van der Waals surface area (Å²) in [5.74, 6) is 1.35. The molecule has 0 spiro atoms. The Bertz CT molecular complexity index is 314. The minimum atomic E-state index is 0.0825. The largest absolute Gasteiger partial charge is 0.469 e. The minimum absolute atomic E-state index is 0.0825. The molecule has 1 aromatic heterocycles. The van der Waals surface area contributed by atoms with Crippen molar-refractivity contribution in [2.24, 2.45) is 0 Å². The Labute approximate surface area is 106 Å². The molecule has 0 aromatic carbocycles. The first kappa shape index (κ1) is 14.1. The van der Waals surface area contributed by atoms with Crippen LogP contribution in [0.4, 0.5) is 0 Å². The molecule has 0 unspecified atom stereocenters.